The van der Waals surface area contributed by atoms with Gasteiger partial charge in [0.2, 0.25) is 0 Å². The van der Waals surface area contributed by atoms with Gasteiger partial charge in [-0.15, -0.1) is 0 Å². The topological polar surface area (TPSA) is 63.0 Å². The van der Waals surface area contributed by atoms with Crippen LogP contribution in [0.4, 0.5) is 0 Å². The van der Waals surface area contributed by atoms with Crippen LogP contribution in [0.15, 0.2) is 18.3 Å². The summed E-state index contributed by atoms with van der Waals surface area (Å²) in [5.74, 6) is 1.57. The monoisotopic (exact) mass is 276 g/mol. The van der Waals surface area contributed by atoms with E-state index in [2.05, 4.69) is 11.1 Å². The summed E-state index contributed by atoms with van der Waals surface area (Å²) in [6, 6.07) is 5.88. The standard InChI is InChI=1S/C14H16N2O2S/c1-18-13(17)7-14(4-5-14)10-19-9-11-3-2-6-16-12(11)8-15/h2-3,6H,4-5,7,9-10H2,1H3. The van der Waals surface area contributed by atoms with E-state index in [1.807, 2.05) is 12.1 Å². The third-order valence-electron chi connectivity index (χ3n) is 3.37. The van der Waals surface area contributed by atoms with Gasteiger partial charge in [-0.25, -0.2) is 4.98 Å². The van der Waals surface area contributed by atoms with Crippen molar-refractivity contribution in [1.29, 1.82) is 5.26 Å². The van der Waals surface area contributed by atoms with Gasteiger partial charge in [0.05, 0.1) is 13.5 Å². The lowest BCUT2D eigenvalue weighted by Gasteiger charge is -2.13. The van der Waals surface area contributed by atoms with E-state index >= 15 is 0 Å². The number of aromatic nitrogens is 1. The Balaban J connectivity index is 1.84. The van der Waals surface area contributed by atoms with Crippen molar-refractivity contribution >= 4 is 17.7 Å². The van der Waals surface area contributed by atoms with Crippen molar-refractivity contribution < 1.29 is 9.53 Å². The summed E-state index contributed by atoms with van der Waals surface area (Å²) in [7, 11) is 1.43. The van der Waals surface area contributed by atoms with Crippen LogP contribution in [-0.4, -0.2) is 23.8 Å². The van der Waals surface area contributed by atoms with Gasteiger partial charge in [0.15, 0.2) is 0 Å². The highest BCUT2D eigenvalue weighted by Gasteiger charge is 2.44. The molecule has 1 heterocycles. The predicted molar refractivity (Wildman–Crippen MR) is 73.4 cm³/mol. The molecule has 0 unspecified atom stereocenters. The first-order chi connectivity index (χ1) is 9.19. The molecular formula is C14H16N2O2S. The largest absolute Gasteiger partial charge is 0.469 e. The number of nitriles is 1. The van der Waals surface area contributed by atoms with Crippen molar-refractivity contribution in [3.63, 3.8) is 0 Å². The van der Waals surface area contributed by atoms with Gasteiger partial charge < -0.3 is 4.74 Å². The van der Waals surface area contributed by atoms with Gasteiger partial charge in [-0.1, -0.05) is 6.07 Å². The number of carbonyl (C=O) groups is 1. The van der Waals surface area contributed by atoms with Crippen LogP contribution < -0.4 is 0 Å². The number of rotatable bonds is 6. The van der Waals surface area contributed by atoms with Crippen LogP contribution >= 0.6 is 11.8 Å². The zero-order chi connectivity index (χ0) is 13.7. The van der Waals surface area contributed by atoms with Gasteiger partial charge in [-0.2, -0.15) is 17.0 Å². The molecule has 4 nitrogen and oxygen atoms in total. The quantitative estimate of drug-likeness (QED) is 0.747. The molecule has 0 bridgehead atoms. The van der Waals surface area contributed by atoms with E-state index in [1.54, 1.807) is 18.0 Å². The van der Waals surface area contributed by atoms with E-state index in [4.69, 9.17) is 10.00 Å². The van der Waals surface area contributed by atoms with Crippen molar-refractivity contribution in [3.8, 4) is 6.07 Å². The number of hydrogen-bond donors (Lipinski definition) is 0. The first kappa shape index (κ1) is 13.9. The van der Waals surface area contributed by atoms with E-state index in [1.165, 1.54) is 7.11 Å². The lowest BCUT2D eigenvalue weighted by Crippen LogP contribution is -2.13. The van der Waals surface area contributed by atoms with Crippen molar-refractivity contribution in [2.75, 3.05) is 12.9 Å². The molecule has 2 rings (SSSR count). The Morgan fingerprint density at radius 2 is 2.42 bits per heavy atom. The maximum absolute atomic E-state index is 11.3. The smallest absolute Gasteiger partial charge is 0.306 e. The Morgan fingerprint density at radius 3 is 3.05 bits per heavy atom. The highest BCUT2D eigenvalue weighted by molar-refractivity contribution is 7.98. The average molecular weight is 276 g/mol. The molecule has 0 saturated heterocycles. The zero-order valence-corrected chi connectivity index (χ0v) is 11.7. The van der Waals surface area contributed by atoms with Gasteiger partial charge in [0.1, 0.15) is 11.8 Å². The predicted octanol–water partition coefficient (Wildman–Crippen LogP) is 2.53. The van der Waals surface area contributed by atoms with Crippen molar-refractivity contribution in [1.82, 2.24) is 4.98 Å². The van der Waals surface area contributed by atoms with E-state index in [0.717, 1.165) is 29.9 Å². The molecule has 0 spiro atoms. The highest BCUT2D eigenvalue weighted by Crippen LogP contribution is 2.51. The van der Waals surface area contributed by atoms with Gasteiger partial charge in [0.25, 0.3) is 0 Å². The lowest BCUT2D eigenvalue weighted by atomic mass is 10.1. The maximum atomic E-state index is 11.3. The maximum Gasteiger partial charge on any atom is 0.306 e. The molecule has 1 aromatic heterocycles. The number of methoxy groups -OCH3 is 1. The van der Waals surface area contributed by atoms with Gasteiger partial charge in [0, 0.05) is 11.9 Å². The molecule has 1 saturated carbocycles. The van der Waals surface area contributed by atoms with Crippen LogP contribution in [0.5, 0.6) is 0 Å². The van der Waals surface area contributed by atoms with Gasteiger partial charge in [-0.05, 0) is 35.6 Å². The van der Waals surface area contributed by atoms with Crippen LogP contribution in [0.25, 0.3) is 0 Å². The van der Waals surface area contributed by atoms with Gasteiger partial charge in [-0.3, -0.25) is 4.79 Å². The molecule has 5 heteroatoms. The number of hydrogen-bond acceptors (Lipinski definition) is 5. The second-order valence-electron chi connectivity index (χ2n) is 4.87. The molecule has 1 aliphatic rings. The minimum atomic E-state index is -0.128. The van der Waals surface area contributed by atoms with Crippen LogP contribution in [0.1, 0.15) is 30.5 Å². The summed E-state index contributed by atoms with van der Waals surface area (Å²) >= 11 is 1.76. The first-order valence-corrected chi connectivity index (χ1v) is 7.33. The van der Waals surface area contributed by atoms with E-state index in [-0.39, 0.29) is 11.4 Å². The summed E-state index contributed by atoms with van der Waals surface area (Å²) in [6.07, 6.45) is 4.32. The molecule has 1 aliphatic carbocycles. The first-order valence-electron chi connectivity index (χ1n) is 6.18. The fourth-order valence-electron chi connectivity index (χ4n) is 1.96. The van der Waals surface area contributed by atoms with Crippen LogP contribution in [0.2, 0.25) is 0 Å². The molecule has 0 N–H and O–H groups in total. The number of pyridine rings is 1. The minimum absolute atomic E-state index is 0.128. The second-order valence-corrected chi connectivity index (χ2v) is 5.85. The molecule has 100 valence electrons. The second kappa shape index (κ2) is 6.07. The van der Waals surface area contributed by atoms with Crippen molar-refractivity contribution in [2.24, 2.45) is 5.41 Å². The third-order valence-corrected chi connectivity index (χ3v) is 4.70. The third kappa shape index (κ3) is 3.71. The Morgan fingerprint density at radius 1 is 1.63 bits per heavy atom. The number of nitrogens with zero attached hydrogens (tertiary/aromatic N) is 2. The van der Waals surface area contributed by atoms with E-state index in [0.29, 0.717) is 12.1 Å². The lowest BCUT2D eigenvalue weighted by molar-refractivity contribution is -0.141. The summed E-state index contributed by atoms with van der Waals surface area (Å²) in [5, 5.41) is 8.96. The molecule has 19 heavy (non-hydrogen) atoms. The Hall–Kier alpha value is -1.54. The number of ether oxygens (including phenoxy) is 1. The fourth-order valence-corrected chi connectivity index (χ4v) is 3.34. The molecule has 0 radical (unpaired) electrons. The number of esters is 1. The molecule has 0 atom stereocenters. The van der Waals surface area contributed by atoms with Crippen LogP contribution in [0, 0.1) is 16.7 Å². The molecule has 1 fully saturated rings. The summed E-state index contributed by atoms with van der Waals surface area (Å²) in [5.41, 5.74) is 1.59. The van der Waals surface area contributed by atoms with Crippen molar-refractivity contribution in [3.05, 3.63) is 29.6 Å². The Kier molecular flexibility index (Phi) is 4.43. The zero-order valence-electron chi connectivity index (χ0n) is 10.9. The molecule has 1 aromatic rings. The van der Waals surface area contributed by atoms with E-state index < -0.39 is 0 Å². The molecular weight excluding hydrogens is 260 g/mol. The summed E-state index contributed by atoms with van der Waals surface area (Å²) in [4.78, 5) is 15.4. The Labute approximate surface area is 117 Å². The van der Waals surface area contributed by atoms with Crippen LogP contribution in [-0.2, 0) is 15.3 Å². The van der Waals surface area contributed by atoms with Crippen molar-refractivity contribution in [2.45, 2.75) is 25.0 Å². The number of thioether (sulfide) groups is 1. The van der Waals surface area contributed by atoms with E-state index in [9.17, 15) is 4.79 Å². The highest BCUT2D eigenvalue weighted by atomic mass is 32.2. The fraction of sp³-hybridized carbons (Fsp3) is 0.500. The minimum Gasteiger partial charge on any atom is -0.469 e. The molecule has 0 amide bonds. The normalized spacial score (nSPS) is 15.6. The molecule has 0 aliphatic heterocycles. The average Bonchev–Trinajstić information content (AvgIpc) is 3.19. The SMILES string of the molecule is COC(=O)CC1(CSCc2cccnc2C#N)CC1. The van der Waals surface area contributed by atoms with Gasteiger partial charge >= 0.3 is 5.97 Å². The van der Waals surface area contributed by atoms with Crippen LogP contribution in [0.3, 0.4) is 0 Å². The number of carbonyl (C=O) groups excluding carboxylic acids is 1. The summed E-state index contributed by atoms with van der Waals surface area (Å²) in [6.45, 7) is 0. The molecule has 0 aromatic carbocycles. The Bertz CT molecular complexity index is 506. The summed E-state index contributed by atoms with van der Waals surface area (Å²) < 4.78 is 4.73.